The molecule has 1 N–H and O–H groups in total. The van der Waals surface area contributed by atoms with Crippen molar-refractivity contribution >= 4 is 0 Å². The Morgan fingerprint density at radius 1 is 1.21 bits per heavy atom. The summed E-state index contributed by atoms with van der Waals surface area (Å²) >= 11 is 0. The second kappa shape index (κ2) is 7.01. The molecule has 1 aromatic carbocycles. The Hall–Kier alpha value is -0.930. The van der Waals surface area contributed by atoms with Crippen LogP contribution in [0.25, 0.3) is 0 Å². The first-order valence-electron chi connectivity index (χ1n) is 7.33. The van der Waals surface area contributed by atoms with Gasteiger partial charge in [0.05, 0.1) is 0 Å². The Labute approximate surface area is 116 Å². The second-order valence-electron chi connectivity index (χ2n) is 5.91. The van der Waals surface area contributed by atoms with Crippen molar-refractivity contribution in [3.05, 3.63) is 35.6 Å². The topological polar surface area (TPSA) is 15.3 Å². The van der Waals surface area contributed by atoms with E-state index in [1.807, 2.05) is 12.1 Å². The van der Waals surface area contributed by atoms with Crippen LogP contribution in [-0.2, 0) is 6.54 Å². The van der Waals surface area contributed by atoms with E-state index in [-0.39, 0.29) is 5.82 Å². The Bertz CT molecular complexity index is 367. The van der Waals surface area contributed by atoms with Gasteiger partial charge in [0.2, 0.25) is 0 Å². The van der Waals surface area contributed by atoms with Gasteiger partial charge < -0.3 is 5.32 Å². The number of hydrogen-bond donors (Lipinski definition) is 1. The van der Waals surface area contributed by atoms with Crippen molar-refractivity contribution in [2.24, 2.45) is 5.92 Å². The van der Waals surface area contributed by atoms with Gasteiger partial charge in [-0.1, -0.05) is 26.0 Å². The molecular formula is C16H25FN2. The van der Waals surface area contributed by atoms with Crippen molar-refractivity contribution in [1.82, 2.24) is 10.2 Å². The van der Waals surface area contributed by atoms with Crippen LogP contribution in [0.15, 0.2) is 24.3 Å². The molecule has 1 saturated heterocycles. The first-order chi connectivity index (χ1) is 9.13. The Balaban J connectivity index is 1.72. The van der Waals surface area contributed by atoms with Crippen LogP contribution in [0.3, 0.4) is 0 Å². The molecule has 1 aliphatic rings. The van der Waals surface area contributed by atoms with Crippen LogP contribution >= 0.6 is 0 Å². The second-order valence-corrected chi connectivity index (χ2v) is 5.91. The fraction of sp³-hybridized carbons (Fsp3) is 0.625. The highest BCUT2D eigenvalue weighted by Crippen LogP contribution is 2.18. The van der Waals surface area contributed by atoms with Crippen LogP contribution < -0.4 is 5.32 Å². The molecule has 1 aromatic rings. The van der Waals surface area contributed by atoms with Gasteiger partial charge >= 0.3 is 0 Å². The number of benzene rings is 1. The third-order valence-electron chi connectivity index (χ3n) is 3.84. The standard InChI is InChI=1S/C16H25FN2/c1-13(2)18-11-14-7-9-19(10-8-14)12-15-3-5-16(17)6-4-15/h3-6,13-14,18H,7-12H2,1-2H3. The maximum atomic E-state index is 12.8. The van der Waals surface area contributed by atoms with Crippen LogP contribution in [0, 0.1) is 11.7 Å². The van der Waals surface area contributed by atoms with Gasteiger partial charge in [-0.3, -0.25) is 4.90 Å². The zero-order chi connectivity index (χ0) is 13.7. The van der Waals surface area contributed by atoms with Crippen LogP contribution in [0.1, 0.15) is 32.3 Å². The van der Waals surface area contributed by atoms with Crippen LogP contribution in [-0.4, -0.2) is 30.6 Å². The first-order valence-corrected chi connectivity index (χ1v) is 7.33. The van der Waals surface area contributed by atoms with Crippen molar-refractivity contribution in [3.63, 3.8) is 0 Å². The van der Waals surface area contributed by atoms with E-state index >= 15 is 0 Å². The maximum Gasteiger partial charge on any atom is 0.123 e. The lowest BCUT2D eigenvalue weighted by Crippen LogP contribution is -2.38. The van der Waals surface area contributed by atoms with Gasteiger partial charge in [0.15, 0.2) is 0 Å². The van der Waals surface area contributed by atoms with E-state index in [1.165, 1.54) is 18.4 Å². The normalized spacial score (nSPS) is 18.1. The van der Waals surface area contributed by atoms with Gasteiger partial charge in [-0.05, 0) is 56.1 Å². The van der Waals surface area contributed by atoms with Gasteiger partial charge in [0.1, 0.15) is 5.82 Å². The average Bonchev–Trinajstić information content (AvgIpc) is 2.40. The smallest absolute Gasteiger partial charge is 0.123 e. The summed E-state index contributed by atoms with van der Waals surface area (Å²) in [6.45, 7) is 8.80. The summed E-state index contributed by atoms with van der Waals surface area (Å²) in [4.78, 5) is 2.47. The molecule has 1 heterocycles. The van der Waals surface area contributed by atoms with E-state index < -0.39 is 0 Å². The molecule has 3 heteroatoms. The molecule has 1 aliphatic heterocycles. The van der Waals surface area contributed by atoms with E-state index in [0.29, 0.717) is 6.04 Å². The Kier molecular flexibility index (Phi) is 5.34. The average molecular weight is 264 g/mol. The number of piperidine rings is 1. The van der Waals surface area contributed by atoms with Gasteiger partial charge in [0.25, 0.3) is 0 Å². The first kappa shape index (κ1) is 14.5. The van der Waals surface area contributed by atoms with E-state index in [1.54, 1.807) is 12.1 Å². The lowest BCUT2D eigenvalue weighted by molar-refractivity contribution is 0.174. The third kappa shape index (κ3) is 4.92. The highest BCUT2D eigenvalue weighted by atomic mass is 19.1. The summed E-state index contributed by atoms with van der Waals surface area (Å²) in [5, 5.41) is 3.53. The molecule has 106 valence electrons. The SMILES string of the molecule is CC(C)NCC1CCN(Cc2ccc(F)cc2)CC1. The van der Waals surface area contributed by atoms with Crippen molar-refractivity contribution in [2.75, 3.05) is 19.6 Å². The third-order valence-corrected chi connectivity index (χ3v) is 3.84. The lowest BCUT2D eigenvalue weighted by atomic mass is 9.96. The summed E-state index contributed by atoms with van der Waals surface area (Å²) in [5.41, 5.74) is 1.21. The van der Waals surface area contributed by atoms with E-state index in [4.69, 9.17) is 0 Å². The molecule has 1 fully saturated rings. The predicted molar refractivity (Wildman–Crippen MR) is 77.5 cm³/mol. The minimum atomic E-state index is -0.151. The largest absolute Gasteiger partial charge is 0.314 e. The monoisotopic (exact) mass is 264 g/mol. The fourth-order valence-electron chi connectivity index (χ4n) is 2.60. The van der Waals surface area contributed by atoms with Gasteiger partial charge in [-0.2, -0.15) is 0 Å². The summed E-state index contributed by atoms with van der Waals surface area (Å²) in [5.74, 6) is 0.661. The van der Waals surface area contributed by atoms with Crippen molar-refractivity contribution in [1.29, 1.82) is 0 Å². The number of likely N-dealkylation sites (tertiary alicyclic amines) is 1. The molecule has 0 amide bonds. The number of halogens is 1. The van der Waals surface area contributed by atoms with E-state index in [9.17, 15) is 4.39 Å². The molecule has 19 heavy (non-hydrogen) atoms. The van der Waals surface area contributed by atoms with Crippen molar-refractivity contribution in [3.8, 4) is 0 Å². The summed E-state index contributed by atoms with van der Waals surface area (Å²) in [7, 11) is 0. The molecule has 0 aromatic heterocycles. The number of nitrogens with zero attached hydrogens (tertiary/aromatic N) is 1. The number of rotatable bonds is 5. The van der Waals surface area contributed by atoms with Crippen LogP contribution in [0.2, 0.25) is 0 Å². The van der Waals surface area contributed by atoms with E-state index in [0.717, 1.165) is 32.1 Å². The molecule has 0 spiro atoms. The highest BCUT2D eigenvalue weighted by molar-refractivity contribution is 5.15. The molecule has 0 unspecified atom stereocenters. The fourth-order valence-corrected chi connectivity index (χ4v) is 2.60. The quantitative estimate of drug-likeness (QED) is 0.879. The minimum absolute atomic E-state index is 0.151. The van der Waals surface area contributed by atoms with Crippen LogP contribution in [0.5, 0.6) is 0 Å². The number of nitrogens with one attached hydrogen (secondary N) is 1. The summed E-state index contributed by atoms with van der Waals surface area (Å²) in [6.07, 6.45) is 2.53. The summed E-state index contributed by atoms with van der Waals surface area (Å²) < 4.78 is 12.8. The zero-order valence-corrected chi connectivity index (χ0v) is 12.0. The molecule has 0 saturated carbocycles. The Morgan fingerprint density at radius 2 is 1.84 bits per heavy atom. The molecular weight excluding hydrogens is 239 g/mol. The molecule has 0 bridgehead atoms. The summed E-state index contributed by atoms with van der Waals surface area (Å²) in [6, 6.07) is 7.46. The minimum Gasteiger partial charge on any atom is -0.314 e. The predicted octanol–water partition coefficient (Wildman–Crippen LogP) is 3.04. The maximum absolute atomic E-state index is 12.8. The zero-order valence-electron chi connectivity index (χ0n) is 12.0. The molecule has 0 aliphatic carbocycles. The molecule has 2 nitrogen and oxygen atoms in total. The Morgan fingerprint density at radius 3 is 2.42 bits per heavy atom. The van der Waals surface area contributed by atoms with Gasteiger partial charge in [0, 0.05) is 12.6 Å². The van der Waals surface area contributed by atoms with Gasteiger partial charge in [-0.15, -0.1) is 0 Å². The van der Waals surface area contributed by atoms with E-state index in [2.05, 4.69) is 24.1 Å². The van der Waals surface area contributed by atoms with Crippen molar-refractivity contribution in [2.45, 2.75) is 39.3 Å². The highest BCUT2D eigenvalue weighted by Gasteiger charge is 2.19. The van der Waals surface area contributed by atoms with Gasteiger partial charge in [-0.25, -0.2) is 4.39 Å². The number of hydrogen-bond acceptors (Lipinski definition) is 2. The lowest BCUT2D eigenvalue weighted by Gasteiger charge is -2.32. The molecule has 0 radical (unpaired) electrons. The van der Waals surface area contributed by atoms with Crippen LogP contribution in [0.4, 0.5) is 4.39 Å². The molecule has 2 rings (SSSR count). The van der Waals surface area contributed by atoms with Crippen molar-refractivity contribution < 1.29 is 4.39 Å². The molecule has 0 atom stereocenters.